The van der Waals surface area contributed by atoms with E-state index in [0.29, 0.717) is 17.1 Å². The number of aromatic nitrogens is 1. The van der Waals surface area contributed by atoms with E-state index in [1.165, 1.54) is 24.0 Å². The molecule has 98 valence electrons. The van der Waals surface area contributed by atoms with Crippen LogP contribution in [0.5, 0.6) is 0 Å². The van der Waals surface area contributed by atoms with E-state index in [4.69, 9.17) is 0 Å². The largest absolute Gasteiger partial charge is 0.411 e. The van der Waals surface area contributed by atoms with Crippen LogP contribution in [-0.4, -0.2) is 21.2 Å². The number of fused-ring (bicyclic) bond motifs is 3. The molecule has 0 amide bonds. The van der Waals surface area contributed by atoms with E-state index in [1.54, 1.807) is 23.1 Å². The van der Waals surface area contributed by atoms with Gasteiger partial charge in [-0.05, 0) is 37.3 Å². The van der Waals surface area contributed by atoms with Crippen molar-refractivity contribution in [1.82, 2.24) is 4.98 Å². The van der Waals surface area contributed by atoms with Gasteiger partial charge in [-0.25, -0.2) is 4.98 Å². The molecule has 0 unspecified atom stereocenters. The maximum Gasteiger partial charge on any atom is 0.151 e. The van der Waals surface area contributed by atoms with Gasteiger partial charge in [-0.15, -0.1) is 11.3 Å². The number of rotatable bonds is 2. The van der Waals surface area contributed by atoms with Gasteiger partial charge in [-0.2, -0.15) is 0 Å². The minimum absolute atomic E-state index is 0.337. The van der Waals surface area contributed by atoms with Crippen molar-refractivity contribution in [2.75, 3.05) is 0 Å². The Morgan fingerprint density at radius 1 is 1.32 bits per heavy atom. The first-order chi connectivity index (χ1) is 9.35. The van der Waals surface area contributed by atoms with Crippen molar-refractivity contribution >= 4 is 39.0 Å². The first-order valence-corrected chi connectivity index (χ1v) is 8.29. The molecule has 4 rings (SSSR count). The quantitative estimate of drug-likeness (QED) is 0.671. The number of para-hydroxylation sites is 1. The van der Waals surface area contributed by atoms with Crippen LogP contribution in [-0.2, 0) is 0 Å². The fraction of sp³-hybridized carbons (Fsp3) is 0.429. The molecule has 2 saturated carbocycles. The monoisotopic (exact) mass is 290 g/mol. The van der Waals surface area contributed by atoms with Crippen LogP contribution >= 0.6 is 23.1 Å². The van der Waals surface area contributed by atoms with Crippen LogP contribution in [0.15, 0.2) is 33.8 Å². The van der Waals surface area contributed by atoms with E-state index in [0.717, 1.165) is 15.6 Å². The molecule has 1 aromatic heterocycles. The van der Waals surface area contributed by atoms with Gasteiger partial charge < -0.3 is 5.21 Å². The van der Waals surface area contributed by atoms with Crippen molar-refractivity contribution in [2.24, 2.45) is 17.0 Å². The predicted octanol–water partition coefficient (Wildman–Crippen LogP) is 4.02. The van der Waals surface area contributed by atoms with Gasteiger partial charge in [0.2, 0.25) is 0 Å². The fourth-order valence-electron chi connectivity index (χ4n) is 3.34. The van der Waals surface area contributed by atoms with Crippen LogP contribution in [0.25, 0.3) is 10.2 Å². The summed E-state index contributed by atoms with van der Waals surface area (Å²) in [5.74, 6) is 1.19. The fourth-order valence-corrected chi connectivity index (χ4v) is 5.98. The highest BCUT2D eigenvalue weighted by atomic mass is 32.2. The predicted molar refractivity (Wildman–Crippen MR) is 79.3 cm³/mol. The smallest absolute Gasteiger partial charge is 0.151 e. The molecule has 2 aliphatic rings. The van der Waals surface area contributed by atoms with Gasteiger partial charge in [0, 0.05) is 5.92 Å². The minimum Gasteiger partial charge on any atom is -0.411 e. The summed E-state index contributed by atoms with van der Waals surface area (Å²) in [6, 6.07) is 8.23. The number of thioether (sulfide) groups is 1. The second-order valence-corrected chi connectivity index (χ2v) is 7.70. The Labute approximate surface area is 119 Å². The first-order valence-electron chi connectivity index (χ1n) is 6.59. The summed E-state index contributed by atoms with van der Waals surface area (Å²) in [7, 11) is 0. The molecule has 0 aliphatic heterocycles. The zero-order valence-corrected chi connectivity index (χ0v) is 12.0. The Kier molecular flexibility index (Phi) is 2.77. The molecule has 3 atom stereocenters. The summed E-state index contributed by atoms with van der Waals surface area (Å²) >= 11 is 3.53. The Hall–Kier alpha value is -1.07. The van der Waals surface area contributed by atoms with E-state index in [2.05, 4.69) is 22.3 Å². The SMILES string of the molecule is O/N=C1/[C@H]2CC[C@H](C2)[C@H]1Sc1nc2ccccc2s1. The standard InChI is InChI=1S/C14H14N2OS2/c17-16-12-8-5-6-9(7-8)13(12)19-14-15-10-3-1-2-4-11(10)18-14/h1-4,8-9,13,17H,5-7H2/b16-12-/t8-,9+,13+/m0/s1. The van der Waals surface area contributed by atoms with Gasteiger partial charge >= 0.3 is 0 Å². The summed E-state index contributed by atoms with van der Waals surface area (Å²) in [4.78, 5) is 4.67. The van der Waals surface area contributed by atoms with Gasteiger partial charge in [0.15, 0.2) is 4.34 Å². The highest BCUT2D eigenvalue weighted by molar-refractivity contribution is 8.02. The number of thiazole rings is 1. The Morgan fingerprint density at radius 2 is 2.21 bits per heavy atom. The van der Waals surface area contributed by atoms with E-state index < -0.39 is 0 Å². The summed E-state index contributed by atoms with van der Waals surface area (Å²) in [5.41, 5.74) is 2.07. The van der Waals surface area contributed by atoms with Crippen LogP contribution < -0.4 is 0 Å². The van der Waals surface area contributed by atoms with Crippen molar-refractivity contribution in [1.29, 1.82) is 0 Å². The van der Waals surface area contributed by atoms with Crippen LogP contribution in [0.1, 0.15) is 19.3 Å². The molecule has 2 bridgehead atoms. The van der Waals surface area contributed by atoms with Gasteiger partial charge in [-0.3, -0.25) is 0 Å². The van der Waals surface area contributed by atoms with Gasteiger partial charge in [0.05, 0.1) is 21.2 Å². The maximum absolute atomic E-state index is 9.23. The molecule has 1 N–H and O–H groups in total. The summed E-state index contributed by atoms with van der Waals surface area (Å²) in [5, 5.41) is 13.1. The average Bonchev–Trinajstić information content (AvgIpc) is 3.11. The molecule has 2 fully saturated rings. The van der Waals surface area contributed by atoms with Crippen LogP contribution in [0.4, 0.5) is 0 Å². The summed E-state index contributed by atoms with van der Waals surface area (Å²) in [6.45, 7) is 0. The zero-order valence-electron chi connectivity index (χ0n) is 10.3. The van der Waals surface area contributed by atoms with Crippen molar-refractivity contribution in [3.63, 3.8) is 0 Å². The Balaban J connectivity index is 1.64. The lowest BCUT2D eigenvalue weighted by atomic mass is 9.98. The number of benzene rings is 1. The zero-order chi connectivity index (χ0) is 12.8. The molecule has 1 aromatic carbocycles. The second kappa shape index (κ2) is 4.49. The normalized spacial score (nSPS) is 31.6. The highest BCUT2D eigenvalue weighted by Gasteiger charge is 2.46. The molecule has 0 saturated heterocycles. The van der Waals surface area contributed by atoms with E-state index in [1.807, 2.05) is 12.1 Å². The number of nitrogens with zero attached hydrogens (tertiary/aromatic N) is 2. The van der Waals surface area contributed by atoms with Gasteiger partial charge in [-0.1, -0.05) is 29.1 Å². The Bertz CT molecular complexity index is 619. The van der Waals surface area contributed by atoms with Gasteiger partial charge in [0.25, 0.3) is 0 Å². The molecule has 3 nitrogen and oxygen atoms in total. The molecular formula is C14H14N2OS2. The lowest BCUT2D eigenvalue weighted by Crippen LogP contribution is -2.24. The van der Waals surface area contributed by atoms with Crippen LogP contribution in [0.3, 0.4) is 0 Å². The number of hydrogen-bond acceptors (Lipinski definition) is 5. The van der Waals surface area contributed by atoms with E-state index in [-0.39, 0.29) is 0 Å². The molecule has 1 heterocycles. The minimum atomic E-state index is 0.337. The van der Waals surface area contributed by atoms with Crippen LogP contribution in [0, 0.1) is 11.8 Å². The van der Waals surface area contributed by atoms with Crippen molar-refractivity contribution < 1.29 is 5.21 Å². The van der Waals surface area contributed by atoms with Crippen molar-refractivity contribution in [3.05, 3.63) is 24.3 Å². The van der Waals surface area contributed by atoms with Crippen molar-refractivity contribution in [2.45, 2.75) is 28.9 Å². The van der Waals surface area contributed by atoms with Gasteiger partial charge in [0.1, 0.15) is 0 Å². The third-order valence-corrected chi connectivity index (χ3v) is 6.77. The molecule has 5 heteroatoms. The maximum atomic E-state index is 9.23. The molecular weight excluding hydrogens is 276 g/mol. The number of hydrogen-bond donors (Lipinski definition) is 1. The van der Waals surface area contributed by atoms with Crippen LogP contribution in [0.2, 0.25) is 0 Å². The third-order valence-electron chi connectivity index (χ3n) is 4.23. The average molecular weight is 290 g/mol. The lowest BCUT2D eigenvalue weighted by molar-refractivity contribution is 0.314. The summed E-state index contributed by atoms with van der Waals surface area (Å²) < 4.78 is 2.33. The molecule has 0 radical (unpaired) electrons. The highest BCUT2D eigenvalue weighted by Crippen LogP contribution is 2.50. The second-order valence-electron chi connectivity index (χ2n) is 5.28. The molecule has 19 heavy (non-hydrogen) atoms. The van der Waals surface area contributed by atoms with E-state index >= 15 is 0 Å². The third kappa shape index (κ3) is 1.87. The number of oxime groups is 1. The molecule has 0 spiro atoms. The molecule has 2 aliphatic carbocycles. The van der Waals surface area contributed by atoms with Crippen molar-refractivity contribution in [3.8, 4) is 0 Å². The molecule has 2 aromatic rings. The van der Waals surface area contributed by atoms with E-state index in [9.17, 15) is 5.21 Å². The summed E-state index contributed by atoms with van der Waals surface area (Å²) in [6.07, 6.45) is 3.66. The topological polar surface area (TPSA) is 45.5 Å². The Morgan fingerprint density at radius 3 is 3.05 bits per heavy atom. The lowest BCUT2D eigenvalue weighted by Gasteiger charge is -2.20. The first kappa shape index (κ1) is 11.7.